The second-order valence-corrected chi connectivity index (χ2v) is 4.70. The first kappa shape index (κ1) is 15.0. The first-order chi connectivity index (χ1) is 8.76. The van der Waals surface area contributed by atoms with Gasteiger partial charge >= 0.3 is 0 Å². The van der Waals surface area contributed by atoms with Gasteiger partial charge < -0.3 is 15.8 Å². The average molecular weight is 250 g/mol. The molecule has 102 valence electrons. The molecule has 0 bridgehead atoms. The second-order valence-electron chi connectivity index (χ2n) is 4.70. The molecule has 1 aromatic carbocycles. The van der Waals surface area contributed by atoms with E-state index < -0.39 is 0 Å². The Hall–Kier alpha value is -1.06. The maximum atomic E-state index is 6.00. The van der Waals surface area contributed by atoms with E-state index in [1.54, 1.807) is 7.11 Å². The van der Waals surface area contributed by atoms with E-state index in [0.29, 0.717) is 6.04 Å². The van der Waals surface area contributed by atoms with Crippen LogP contribution in [0, 0.1) is 0 Å². The van der Waals surface area contributed by atoms with Gasteiger partial charge in [-0.15, -0.1) is 0 Å². The fraction of sp³-hybridized carbons (Fsp3) is 0.600. The van der Waals surface area contributed by atoms with E-state index in [1.165, 1.54) is 18.4 Å². The van der Waals surface area contributed by atoms with Crippen LogP contribution < -0.4 is 15.8 Å². The number of nitrogens with one attached hydrogen (secondary N) is 1. The van der Waals surface area contributed by atoms with E-state index in [-0.39, 0.29) is 0 Å². The van der Waals surface area contributed by atoms with Gasteiger partial charge in [-0.3, -0.25) is 0 Å². The maximum Gasteiger partial charge on any atom is 0.118 e. The molecule has 18 heavy (non-hydrogen) atoms. The fourth-order valence-electron chi connectivity index (χ4n) is 1.88. The molecule has 1 rings (SSSR count). The Morgan fingerprint density at radius 1 is 1.28 bits per heavy atom. The van der Waals surface area contributed by atoms with Gasteiger partial charge in [0.1, 0.15) is 5.75 Å². The van der Waals surface area contributed by atoms with E-state index >= 15 is 0 Å². The van der Waals surface area contributed by atoms with Crippen LogP contribution in [-0.2, 0) is 6.42 Å². The molecule has 0 radical (unpaired) electrons. The van der Waals surface area contributed by atoms with Crippen LogP contribution in [0.3, 0.4) is 0 Å². The summed E-state index contributed by atoms with van der Waals surface area (Å²) in [6.45, 7) is 4.09. The van der Waals surface area contributed by atoms with Crippen molar-refractivity contribution in [2.75, 3.05) is 20.2 Å². The SMILES string of the molecule is CCCCC(N)CNCCc1ccc(OC)cc1. The lowest BCUT2D eigenvalue weighted by atomic mass is 10.1. The number of methoxy groups -OCH3 is 1. The second kappa shape index (κ2) is 8.95. The van der Waals surface area contributed by atoms with Crippen molar-refractivity contribution < 1.29 is 4.74 Å². The van der Waals surface area contributed by atoms with Crippen molar-refractivity contribution >= 4 is 0 Å². The van der Waals surface area contributed by atoms with Crippen LogP contribution >= 0.6 is 0 Å². The molecule has 0 heterocycles. The Morgan fingerprint density at radius 3 is 2.61 bits per heavy atom. The van der Waals surface area contributed by atoms with Gasteiger partial charge in [-0.2, -0.15) is 0 Å². The number of ether oxygens (including phenoxy) is 1. The summed E-state index contributed by atoms with van der Waals surface area (Å²) >= 11 is 0. The summed E-state index contributed by atoms with van der Waals surface area (Å²) in [5.74, 6) is 0.910. The van der Waals surface area contributed by atoms with Crippen molar-refractivity contribution in [1.29, 1.82) is 0 Å². The van der Waals surface area contributed by atoms with E-state index in [4.69, 9.17) is 10.5 Å². The van der Waals surface area contributed by atoms with Crippen LogP contribution in [0.5, 0.6) is 5.75 Å². The lowest BCUT2D eigenvalue weighted by Gasteiger charge is -2.12. The van der Waals surface area contributed by atoms with Crippen LogP contribution in [0.1, 0.15) is 31.7 Å². The third kappa shape index (κ3) is 6.03. The van der Waals surface area contributed by atoms with Crippen molar-refractivity contribution in [3.05, 3.63) is 29.8 Å². The number of hydrogen-bond donors (Lipinski definition) is 2. The van der Waals surface area contributed by atoms with Crippen molar-refractivity contribution in [3.63, 3.8) is 0 Å². The smallest absolute Gasteiger partial charge is 0.118 e. The van der Waals surface area contributed by atoms with Gasteiger partial charge in [0.25, 0.3) is 0 Å². The summed E-state index contributed by atoms with van der Waals surface area (Å²) in [6, 6.07) is 8.51. The summed E-state index contributed by atoms with van der Waals surface area (Å²) in [4.78, 5) is 0. The molecule has 3 N–H and O–H groups in total. The normalized spacial score (nSPS) is 12.4. The van der Waals surface area contributed by atoms with Gasteiger partial charge in [0.05, 0.1) is 7.11 Å². The third-order valence-electron chi connectivity index (χ3n) is 3.08. The highest BCUT2D eigenvalue weighted by atomic mass is 16.5. The number of hydrogen-bond acceptors (Lipinski definition) is 3. The minimum Gasteiger partial charge on any atom is -0.497 e. The zero-order valence-electron chi connectivity index (χ0n) is 11.6. The van der Waals surface area contributed by atoms with Gasteiger partial charge in [-0.05, 0) is 37.1 Å². The van der Waals surface area contributed by atoms with Crippen LogP contribution in [-0.4, -0.2) is 26.2 Å². The number of nitrogens with two attached hydrogens (primary N) is 1. The highest BCUT2D eigenvalue weighted by molar-refractivity contribution is 5.27. The molecule has 0 aliphatic heterocycles. The van der Waals surface area contributed by atoms with Gasteiger partial charge in [-0.1, -0.05) is 31.9 Å². The van der Waals surface area contributed by atoms with Crippen LogP contribution in [0.25, 0.3) is 0 Å². The topological polar surface area (TPSA) is 47.3 Å². The minimum absolute atomic E-state index is 0.292. The van der Waals surface area contributed by atoms with Gasteiger partial charge in [0.2, 0.25) is 0 Å². The zero-order chi connectivity index (χ0) is 13.2. The third-order valence-corrected chi connectivity index (χ3v) is 3.08. The largest absolute Gasteiger partial charge is 0.497 e. The first-order valence-electron chi connectivity index (χ1n) is 6.85. The van der Waals surface area contributed by atoms with Gasteiger partial charge in [-0.25, -0.2) is 0 Å². The number of unbranched alkanes of at least 4 members (excludes halogenated alkanes) is 1. The molecule has 0 saturated heterocycles. The van der Waals surface area contributed by atoms with Crippen LogP contribution in [0.15, 0.2) is 24.3 Å². The summed E-state index contributed by atoms with van der Waals surface area (Å²) in [6.07, 6.45) is 4.59. The Balaban J connectivity index is 2.13. The molecule has 1 unspecified atom stereocenters. The summed E-state index contributed by atoms with van der Waals surface area (Å²) in [5, 5.41) is 3.41. The van der Waals surface area contributed by atoms with Crippen molar-refractivity contribution in [2.45, 2.75) is 38.6 Å². The molecule has 0 aliphatic rings. The molecule has 1 atom stereocenters. The summed E-state index contributed by atoms with van der Waals surface area (Å²) in [5.41, 5.74) is 7.32. The summed E-state index contributed by atoms with van der Waals surface area (Å²) in [7, 11) is 1.69. The summed E-state index contributed by atoms with van der Waals surface area (Å²) < 4.78 is 5.13. The number of rotatable bonds is 9. The number of benzene rings is 1. The minimum atomic E-state index is 0.292. The quantitative estimate of drug-likeness (QED) is 0.661. The van der Waals surface area contributed by atoms with E-state index in [0.717, 1.165) is 31.7 Å². The molecule has 3 heteroatoms. The standard InChI is InChI=1S/C15H26N2O/c1-3-4-5-14(16)12-17-11-10-13-6-8-15(18-2)9-7-13/h6-9,14,17H,3-5,10-12,16H2,1-2H3. The average Bonchev–Trinajstić information content (AvgIpc) is 2.42. The van der Waals surface area contributed by atoms with Crippen LogP contribution in [0.4, 0.5) is 0 Å². The maximum absolute atomic E-state index is 6.00. The molecule has 0 fully saturated rings. The Kier molecular flexibility index (Phi) is 7.46. The van der Waals surface area contributed by atoms with Gasteiger partial charge in [0.15, 0.2) is 0 Å². The fourth-order valence-corrected chi connectivity index (χ4v) is 1.88. The lowest BCUT2D eigenvalue weighted by molar-refractivity contribution is 0.414. The monoisotopic (exact) mass is 250 g/mol. The van der Waals surface area contributed by atoms with Crippen molar-refractivity contribution in [3.8, 4) is 5.75 Å². The van der Waals surface area contributed by atoms with E-state index in [2.05, 4.69) is 24.4 Å². The van der Waals surface area contributed by atoms with Gasteiger partial charge in [0, 0.05) is 12.6 Å². The Morgan fingerprint density at radius 2 is 2.00 bits per heavy atom. The highest BCUT2D eigenvalue weighted by Crippen LogP contribution is 2.11. The molecule has 0 amide bonds. The van der Waals surface area contributed by atoms with Crippen LogP contribution in [0.2, 0.25) is 0 Å². The molecule has 0 spiro atoms. The molecule has 0 saturated carbocycles. The van der Waals surface area contributed by atoms with Crippen molar-refractivity contribution in [1.82, 2.24) is 5.32 Å². The molecule has 1 aromatic rings. The van der Waals surface area contributed by atoms with Crippen molar-refractivity contribution in [2.24, 2.45) is 5.73 Å². The predicted octanol–water partition coefficient (Wildman–Crippen LogP) is 2.34. The first-order valence-corrected chi connectivity index (χ1v) is 6.85. The lowest BCUT2D eigenvalue weighted by Crippen LogP contribution is -2.34. The zero-order valence-corrected chi connectivity index (χ0v) is 11.6. The Bertz CT molecular complexity index is 311. The highest BCUT2D eigenvalue weighted by Gasteiger charge is 2.01. The predicted molar refractivity (Wildman–Crippen MR) is 77.1 cm³/mol. The molecule has 0 aliphatic carbocycles. The molecule has 3 nitrogen and oxygen atoms in total. The molecular weight excluding hydrogens is 224 g/mol. The van der Waals surface area contributed by atoms with E-state index in [9.17, 15) is 0 Å². The molecular formula is C15H26N2O. The Labute approximate surface area is 111 Å². The molecule has 0 aromatic heterocycles. The van der Waals surface area contributed by atoms with E-state index in [1.807, 2.05) is 12.1 Å².